The summed E-state index contributed by atoms with van der Waals surface area (Å²) in [5, 5.41) is 70.4. The Kier molecular flexibility index (Phi) is 7.97. The first-order valence-electron chi connectivity index (χ1n) is 9.31. The fraction of sp³-hybridized carbons (Fsp3) is 0.833. The molecule has 12 nitrogen and oxygen atoms in total. The maximum absolute atomic E-state index is 12.8. The van der Waals surface area contributed by atoms with Crippen LogP contribution in [0.3, 0.4) is 0 Å². The lowest BCUT2D eigenvalue weighted by Crippen LogP contribution is -2.68. The zero-order valence-electron chi connectivity index (χ0n) is 17.3. The van der Waals surface area contributed by atoms with E-state index in [0.29, 0.717) is 0 Å². The third kappa shape index (κ3) is 5.65. The molecule has 1 amide bonds. The van der Waals surface area contributed by atoms with Crippen LogP contribution >= 0.6 is 0 Å². The number of nitrogens with one attached hydrogen (secondary N) is 1. The maximum Gasteiger partial charge on any atom is 0.364 e. The number of hydrogen-bond donors (Lipinski definition) is 8. The summed E-state index contributed by atoms with van der Waals surface area (Å²) in [6.07, 6.45) is -8.26. The maximum atomic E-state index is 12.8. The van der Waals surface area contributed by atoms with Crippen molar-refractivity contribution in [3.05, 3.63) is 0 Å². The van der Waals surface area contributed by atoms with Crippen molar-refractivity contribution in [3.8, 4) is 0 Å². The van der Waals surface area contributed by atoms with E-state index in [1.54, 1.807) is 0 Å². The Balaban J connectivity index is 3.17. The molecular formula is C18H31NO11. The van der Waals surface area contributed by atoms with Gasteiger partial charge in [-0.15, -0.1) is 0 Å². The predicted molar refractivity (Wildman–Crippen MR) is 98.9 cm³/mol. The van der Waals surface area contributed by atoms with Crippen LogP contribution in [-0.4, -0.2) is 96.4 Å². The van der Waals surface area contributed by atoms with Gasteiger partial charge in [0.1, 0.15) is 18.3 Å². The summed E-state index contributed by atoms with van der Waals surface area (Å²) >= 11 is 0. The molecule has 0 aliphatic carbocycles. The lowest BCUT2D eigenvalue weighted by Gasteiger charge is -2.45. The molecule has 12 heteroatoms. The highest BCUT2D eigenvalue weighted by Crippen LogP contribution is 2.36. The third-order valence-corrected chi connectivity index (χ3v) is 5.21. The average molecular weight is 437 g/mol. The fourth-order valence-electron chi connectivity index (χ4n) is 3.51. The van der Waals surface area contributed by atoms with Crippen LogP contribution in [0.15, 0.2) is 0 Å². The molecule has 1 heterocycles. The van der Waals surface area contributed by atoms with Crippen LogP contribution in [0.25, 0.3) is 0 Å². The van der Waals surface area contributed by atoms with Crippen molar-refractivity contribution >= 4 is 17.8 Å². The molecule has 174 valence electrons. The summed E-state index contributed by atoms with van der Waals surface area (Å²) in [4.78, 5) is 35.5. The van der Waals surface area contributed by atoms with E-state index in [1.807, 2.05) is 0 Å². The second kappa shape index (κ2) is 9.12. The van der Waals surface area contributed by atoms with Gasteiger partial charge in [0.15, 0.2) is 0 Å². The van der Waals surface area contributed by atoms with Crippen molar-refractivity contribution in [2.45, 2.75) is 76.8 Å². The Morgan fingerprint density at radius 1 is 1.13 bits per heavy atom. The van der Waals surface area contributed by atoms with Gasteiger partial charge in [0.2, 0.25) is 5.91 Å². The molecule has 1 aliphatic rings. The number of aliphatic carboxylic acids is 2. The van der Waals surface area contributed by atoms with Gasteiger partial charge >= 0.3 is 11.9 Å². The Labute approximate surface area is 173 Å². The number of carbonyl (C=O) groups is 3. The molecule has 0 aromatic carbocycles. The van der Waals surface area contributed by atoms with Gasteiger partial charge in [-0.3, -0.25) is 9.59 Å². The van der Waals surface area contributed by atoms with Gasteiger partial charge in [-0.05, 0) is 20.3 Å². The third-order valence-electron chi connectivity index (χ3n) is 5.21. The molecule has 1 saturated heterocycles. The number of rotatable bonds is 9. The molecule has 8 N–H and O–H groups in total. The quantitative estimate of drug-likeness (QED) is 0.191. The highest BCUT2D eigenvalue weighted by Gasteiger charge is 2.54. The summed E-state index contributed by atoms with van der Waals surface area (Å²) in [6.45, 7) is 4.84. The number of carboxylic acids is 2. The first-order chi connectivity index (χ1) is 13.5. The number of carboxylic acid groups (broad SMARTS) is 2. The number of aliphatic hydroxyl groups excluding tert-OH is 4. The highest BCUT2D eigenvalue weighted by atomic mass is 16.7. The van der Waals surface area contributed by atoms with Crippen molar-refractivity contribution in [1.82, 2.24) is 5.32 Å². The van der Waals surface area contributed by atoms with E-state index < -0.39 is 77.9 Å². The zero-order valence-corrected chi connectivity index (χ0v) is 17.3. The molecule has 0 aromatic heterocycles. The molecule has 1 aliphatic heterocycles. The van der Waals surface area contributed by atoms with Gasteiger partial charge in [-0.2, -0.15) is 0 Å². The molecule has 6 atom stereocenters. The van der Waals surface area contributed by atoms with Gasteiger partial charge in [-0.25, -0.2) is 4.79 Å². The van der Waals surface area contributed by atoms with Crippen molar-refractivity contribution in [2.24, 2.45) is 10.8 Å². The Bertz CT molecular complexity index is 665. The second-order valence-electron chi connectivity index (χ2n) is 8.93. The molecule has 0 radical (unpaired) electrons. The van der Waals surface area contributed by atoms with E-state index in [2.05, 4.69) is 5.32 Å². The van der Waals surface area contributed by atoms with Crippen LogP contribution in [0.1, 0.15) is 40.5 Å². The molecule has 0 bridgehead atoms. The number of amides is 1. The van der Waals surface area contributed by atoms with Gasteiger partial charge in [0.05, 0.1) is 24.2 Å². The van der Waals surface area contributed by atoms with Gasteiger partial charge in [0.25, 0.3) is 5.79 Å². The summed E-state index contributed by atoms with van der Waals surface area (Å²) in [5.41, 5.74) is -2.54. The van der Waals surface area contributed by atoms with Gasteiger partial charge < -0.3 is 45.8 Å². The van der Waals surface area contributed by atoms with Crippen molar-refractivity contribution in [3.63, 3.8) is 0 Å². The van der Waals surface area contributed by atoms with E-state index >= 15 is 0 Å². The minimum absolute atomic E-state index is 0.101. The molecule has 1 rings (SSSR count). The van der Waals surface area contributed by atoms with Crippen LogP contribution in [0.2, 0.25) is 0 Å². The first kappa shape index (κ1) is 26.2. The monoisotopic (exact) mass is 437 g/mol. The predicted octanol–water partition coefficient (Wildman–Crippen LogP) is -2.36. The van der Waals surface area contributed by atoms with Crippen molar-refractivity contribution in [2.75, 3.05) is 6.61 Å². The lowest BCUT2D eigenvalue weighted by molar-refractivity contribution is -0.295. The summed E-state index contributed by atoms with van der Waals surface area (Å²) < 4.78 is 5.02. The Hall–Kier alpha value is -1.83. The molecule has 5 unspecified atom stereocenters. The number of carbonyl (C=O) groups excluding carboxylic acids is 1. The van der Waals surface area contributed by atoms with Crippen LogP contribution in [0, 0.1) is 10.8 Å². The van der Waals surface area contributed by atoms with Gasteiger partial charge in [-0.1, -0.05) is 13.8 Å². The normalized spacial score (nSPS) is 29.7. The van der Waals surface area contributed by atoms with E-state index in [4.69, 9.17) is 14.9 Å². The number of ether oxygens (including phenoxy) is 1. The fourth-order valence-corrected chi connectivity index (χ4v) is 3.51. The molecule has 0 spiro atoms. The Morgan fingerprint density at radius 3 is 2.10 bits per heavy atom. The largest absolute Gasteiger partial charge is 0.481 e. The highest BCUT2D eigenvalue weighted by molar-refractivity contribution is 5.84. The van der Waals surface area contributed by atoms with E-state index in [-0.39, 0.29) is 6.42 Å². The first-order valence-corrected chi connectivity index (χ1v) is 9.31. The smallest absolute Gasteiger partial charge is 0.364 e. The second-order valence-corrected chi connectivity index (χ2v) is 8.93. The SMILES string of the molecule is CC(C)(CC(C)(C)C(=O)NC1C(O)CC(O)(C(=O)O)OC1[C@H](O)C(O)CO)C(=O)O. The summed E-state index contributed by atoms with van der Waals surface area (Å²) in [6, 6.07) is -1.47. The van der Waals surface area contributed by atoms with Crippen LogP contribution < -0.4 is 5.32 Å². The average Bonchev–Trinajstić information content (AvgIpc) is 2.61. The van der Waals surface area contributed by atoms with E-state index in [1.165, 1.54) is 27.7 Å². The van der Waals surface area contributed by atoms with E-state index in [9.17, 15) is 39.9 Å². The minimum Gasteiger partial charge on any atom is -0.481 e. The van der Waals surface area contributed by atoms with Crippen molar-refractivity contribution < 1.29 is 54.9 Å². The van der Waals surface area contributed by atoms with Crippen LogP contribution in [0.4, 0.5) is 0 Å². The van der Waals surface area contributed by atoms with Gasteiger partial charge in [0, 0.05) is 11.8 Å². The summed E-state index contributed by atoms with van der Waals surface area (Å²) in [7, 11) is 0. The molecule has 0 saturated carbocycles. The van der Waals surface area contributed by atoms with Crippen LogP contribution in [-0.2, 0) is 19.1 Å². The van der Waals surface area contributed by atoms with Crippen molar-refractivity contribution in [1.29, 1.82) is 0 Å². The minimum atomic E-state index is -2.90. The topological polar surface area (TPSA) is 214 Å². The Morgan fingerprint density at radius 2 is 1.67 bits per heavy atom. The van der Waals surface area contributed by atoms with Crippen LogP contribution in [0.5, 0.6) is 0 Å². The molecule has 0 aromatic rings. The summed E-state index contributed by atoms with van der Waals surface area (Å²) in [5.74, 6) is -6.62. The standard InChI is InChI=1S/C18H31NO11/c1-16(2,7-17(3,4)14(25)26)13(24)19-10-8(21)5-18(29,15(27)28)30-12(10)11(23)9(22)6-20/h8-12,20-23,29H,5-7H2,1-4H3,(H,19,24)(H,25,26)(H,27,28)/t8?,9?,10?,11-,12?,18?/m1/s1. The molecule has 1 fully saturated rings. The molecular weight excluding hydrogens is 406 g/mol. The van der Waals surface area contributed by atoms with E-state index in [0.717, 1.165) is 0 Å². The number of aliphatic hydroxyl groups is 5. The molecule has 30 heavy (non-hydrogen) atoms. The zero-order chi connectivity index (χ0) is 23.7. The number of hydrogen-bond acceptors (Lipinski definition) is 9. The lowest BCUT2D eigenvalue weighted by atomic mass is 9.74.